The van der Waals surface area contributed by atoms with Gasteiger partial charge < -0.3 is 15.8 Å². The summed E-state index contributed by atoms with van der Waals surface area (Å²) in [6.07, 6.45) is 3.29. The number of anilines is 1. The molecule has 3 N–H and O–H groups in total. The Balaban J connectivity index is 2.66. The Labute approximate surface area is 139 Å². The molecule has 1 aromatic carbocycles. The summed E-state index contributed by atoms with van der Waals surface area (Å²) < 4.78 is 5.99. The first-order valence-electron chi connectivity index (χ1n) is 7.04. The normalized spacial score (nSPS) is 12.0. The summed E-state index contributed by atoms with van der Waals surface area (Å²) in [6, 6.07) is 3.41. The van der Waals surface area contributed by atoms with Crippen molar-refractivity contribution < 1.29 is 9.53 Å². The van der Waals surface area contributed by atoms with Gasteiger partial charge in [-0.25, -0.2) is 0 Å². The van der Waals surface area contributed by atoms with Gasteiger partial charge in [-0.15, -0.1) is 0 Å². The highest BCUT2D eigenvalue weighted by Crippen LogP contribution is 2.36. The highest BCUT2D eigenvalue weighted by molar-refractivity contribution is 9.10. The highest BCUT2D eigenvalue weighted by atomic mass is 79.9. The second-order valence-corrected chi connectivity index (χ2v) is 6.20. The van der Waals surface area contributed by atoms with Crippen molar-refractivity contribution >= 4 is 39.1 Å². The number of carbonyl (C=O) groups excluding carboxylic acids is 1. The van der Waals surface area contributed by atoms with Crippen molar-refractivity contribution in [3.8, 4) is 5.75 Å². The third kappa shape index (κ3) is 5.85. The predicted octanol–water partition coefficient (Wildman–Crippen LogP) is 4.20. The molecular weight excluding hydrogens is 356 g/mol. The Morgan fingerprint density at radius 3 is 2.76 bits per heavy atom. The molecule has 1 atom stereocenters. The van der Waals surface area contributed by atoms with E-state index in [2.05, 4.69) is 28.2 Å². The summed E-state index contributed by atoms with van der Waals surface area (Å²) in [5.74, 6) is 1.02. The molecule has 1 rings (SSSR count). The molecule has 0 aliphatic heterocycles. The van der Waals surface area contributed by atoms with Crippen molar-refractivity contribution in [2.24, 2.45) is 11.7 Å². The maximum atomic E-state index is 12.1. The van der Waals surface area contributed by atoms with E-state index in [1.54, 1.807) is 19.2 Å². The van der Waals surface area contributed by atoms with Crippen molar-refractivity contribution in [1.82, 2.24) is 0 Å². The number of benzene rings is 1. The molecule has 118 valence electrons. The summed E-state index contributed by atoms with van der Waals surface area (Å²) in [4.78, 5) is 12.1. The summed E-state index contributed by atoms with van der Waals surface area (Å²) in [5, 5.41) is 3.39. The molecule has 1 amide bonds. The van der Waals surface area contributed by atoms with Gasteiger partial charge in [0, 0.05) is 11.4 Å². The predicted molar refractivity (Wildman–Crippen MR) is 91.0 cm³/mol. The fourth-order valence-electron chi connectivity index (χ4n) is 2.20. The lowest BCUT2D eigenvalue weighted by atomic mass is 9.96. The molecule has 21 heavy (non-hydrogen) atoms. The Bertz CT molecular complexity index is 483. The highest BCUT2D eigenvalue weighted by Gasteiger charge is 2.14. The van der Waals surface area contributed by atoms with Gasteiger partial charge in [0.1, 0.15) is 0 Å². The lowest BCUT2D eigenvalue weighted by Gasteiger charge is -2.15. The Kier molecular flexibility index (Phi) is 8.07. The first-order valence-corrected chi connectivity index (χ1v) is 8.21. The van der Waals surface area contributed by atoms with E-state index >= 15 is 0 Å². The number of carbonyl (C=O) groups is 1. The molecule has 0 heterocycles. The van der Waals surface area contributed by atoms with Crippen molar-refractivity contribution in [2.75, 3.05) is 19.0 Å². The van der Waals surface area contributed by atoms with Gasteiger partial charge in [0.2, 0.25) is 5.91 Å². The quantitative estimate of drug-likeness (QED) is 0.713. The molecule has 1 unspecified atom stereocenters. The average Bonchev–Trinajstić information content (AvgIpc) is 2.43. The topological polar surface area (TPSA) is 64.4 Å². The van der Waals surface area contributed by atoms with Crippen LogP contribution in [0.5, 0.6) is 5.75 Å². The number of amides is 1. The number of nitrogens with two attached hydrogens (primary N) is 1. The average molecular weight is 378 g/mol. The molecule has 6 heteroatoms. The maximum Gasteiger partial charge on any atom is 0.224 e. The molecule has 0 aliphatic carbocycles. The summed E-state index contributed by atoms with van der Waals surface area (Å²) in [6.45, 7) is 2.78. The molecule has 0 radical (unpaired) electrons. The Morgan fingerprint density at radius 1 is 1.48 bits per heavy atom. The number of rotatable bonds is 8. The van der Waals surface area contributed by atoms with Crippen molar-refractivity contribution in [2.45, 2.75) is 32.6 Å². The molecular formula is C15H22BrClN2O2. The summed E-state index contributed by atoms with van der Waals surface area (Å²) in [5.41, 5.74) is 6.15. The summed E-state index contributed by atoms with van der Waals surface area (Å²) in [7, 11) is 1.55. The monoisotopic (exact) mass is 376 g/mol. The minimum atomic E-state index is -0.0436. The van der Waals surface area contributed by atoms with Crippen LogP contribution in [0.4, 0.5) is 5.69 Å². The van der Waals surface area contributed by atoms with E-state index in [-0.39, 0.29) is 5.91 Å². The zero-order chi connectivity index (χ0) is 15.8. The van der Waals surface area contributed by atoms with Crippen LogP contribution < -0.4 is 15.8 Å². The molecule has 0 aromatic heterocycles. The lowest BCUT2D eigenvalue weighted by molar-refractivity contribution is -0.116. The minimum Gasteiger partial charge on any atom is -0.493 e. The second kappa shape index (κ2) is 9.28. The van der Waals surface area contributed by atoms with E-state index in [0.29, 0.717) is 39.8 Å². The van der Waals surface area contributed by atoms with Crippen LogP contribution in [0, 0.1) is 5.92 Å². The molecule has 4 nitrogen and oxygen atoms in total. The van der Waals surface area contributed by atoms with E-state index < -0.39 is 0 Å². The molecule has 0 fully saturated rings. The standard InChI is InChI=1S/C15H22BrClN2O2/c1-3-10(6-7-18)4-5-14(20)19-13-9-11(17)8-12(16)15(13)21-2/h8-10H,3-7,18H2,1-2H3,(H,19,20). The van der Waals surface area contributed by atoms with Crippen LogP contribution in [0.25, 0.3) is 0 Å². The van der Waals surface area contributed by atoms with Crippen molar-refractivity contribution in [3.05, 3.63) is 21.6 Å². The van der Waals surface area contributed by atoms with Gasteiger partial charge in [0.15, 0.2) is 5.75 Å². The second-order valence-electron chi connectivity index (χ2n) is 4.91. The van der Waals surface area contributed by atoms with Gasteiger partial charge in [0.05, 0.1) is 17.3 Å². The first-order chi connectivity index (χ1) is 10.0. The number of hydrogen-bond acceptors (Lipinski definition) is 3. The number of hydrogen-bond donors (Lipinski definition) is 2. The van der Waals surface area contributed by atoms with E-state index in [1.807, 2.05) is 0 Å². The zero-order valence-electron chi connectivity index (χ0n) is 12.4. The first kappa shape index (κ1) is 18.3. The van der Waals surface area contributed by atoms with Gasteiger partial charge in [-0.05, 0) is 53.4 Å². The number of nitrogens with one attached hydrogen (secondary N) is 1. The van der Waals surface area contributed by atoms with E-state index in [9.17, 15) is 4.79 Å². The lowest BCUT2D eigenvalue weighted by Crippen LogP contribution is -2.15. The van der Waals surface area contributed by atoms with Crippen molar-refractivity contribution in [3.63, 3.8) is 0 Å². The van der Waals surface area contributed by atoms with Crippen LogP contribution in [0.3, 0.4) is 0 Å². The molecule has 0 aliphatic rings. The molecule has 0 saturated heterocycles. The van der Waals surface area contributed by atoms with Gasteiger partial charge in [0.25, 0.3) is 0 Å². The molecule has 0 saturated carbocycles. The van der Waals surface area contributed by atoms with Crippen LogP contribution in [-0.2, 0) is 4.79 Å². The fourth-order valence-corrected chi connectivity index (χ4v) is 3.17. The largest absolute Gasteiger partial charge is 0.493 e. The van der Waals surface area contributed by atoms with Crippen LogP contribution in [0.15, 0.2) is 16.6 Å². The zero-order valence-corrected chi connectivity index (χ0v) is 14.8. The molecule has 0 bridgehead atoms. The fraction of sp³-hybridized carbons (Fsp3) is 0.533. The van der Waals surface area contributed by atoms with E-state index in [4.69, 9.17) is 22.1 Å². The molecule has 0 spiro atoms. The van der Waals surface area contributed by atoms with E-state index in [1.165, 1.54) is 0 Å². The number of ether oxygens (including phenoxy) is 1. The van der Waals surface area contributed by atoms with Gasteiger partial charge in [-0.2, -0.15) is 0 Å². The third-order valence-electron chi connectivity index (χ3n) is 3.42. The van der Waals surface area contributed by atoms with Crippen molar-refractivity contribution in [1.29, 1.82) is 0 Å². The van der Waals surface area contributed by atoms with Crippen LogP contribution in [0.1, 0.15) is 32.6 Å². The van der Waals surface area contributed by atoms with Crippen LogP contribution >= 0.6 is 27.5 Å². The summed E-state index contributed by atoms with van der Waals surface area (Å²) >= 11 is 9.37. The third-order valence-corrected chi connectivity index (χ3v) is 4.23. The Morgan fingerprint density at radius 2 is 2.19 bits per heavy atom. The van der Waals surface area contributed by atoms with Crippen LogP contribution in [-0.4, -0.2) is 19.6 Å². The smallest absolute Gasteiger partial charge is 0.224 e. The SMILES string of the molecule is CCC(CCN)CCC(=O)Nc1cc(Cl)cc(Br)c1OC. The van der Waals surface area contributed by atoms with Gasteiger partial charge in [-0.3, -0.25) is 4.79 Å². The molecule has 1 aromatic rings. The van der Waals surface area contributed by atoms with Crippen LogP contribution in [0.2, 0.25) is 5.02 Å². The van der Waals surface area contributed by atoms with E-state index in [0.717, 1.165) is 19.3 Å². The van der Waals surface area contributed by atoms with Gasteiger partial charge in [-0.1, -0.05) is 24.9 Å². The number of halogens is 2. The Hall–Kier alpha value is -0.780. The van der Waals surface area contributed by atoms with Gasteiger partial charge >= 0.3 is 0 Å². The minimum absolute atomic E-state index is 0.0436. The number of methoxy groups -OCH3 is 1. The maximum absolute atomic E-state index is 12.1.